The van der Waals surface area contributed by atoms with E-state index in [4.69, 9.17) is 28.9 Å². The molecule has 1 unspecified atom stereocenters. The van der Waals surface area contributed by atoms with Crippen molar-refractivity contribution in [3.63, 3.8) is 0 Å². The molecule has 0 aliphatic carbocycles. The van der Waals surface area contributed by atoms with E-state index in [2.05, 4.69) is 21.9 Å². The number of nitrogens with zero attached hydrogens (tertiary/aromatic N) is 2. The van der Waals surface area contributed by atoms with Crippen LogP contribution in [0.2, 0.25) is 10.0 Å². The van der Waals surface area contributed by atoms with Gasteiger partial charge in [0.2, 0.25) is 0 Å². The average molecular weight is 399 g/mol. The molecule has 0 fully saturated rings. The van der Waals surface area contributed by atoms with Crippen LogP contribution in [0.1, 0.15) is 6.92 Å². The zero-order chi connectivity index (χ0) is 19.4. The van der Waals surface area contributed by atoms with Gasteiger partial charge in [-0.3, -0.25) is 4.79 Å². The number of anilines is 2. The van der Waals surface area contributed by atoms with Crippen LogP contribution < -0.4 is 11.1 Å². The molecule has 0 bridgehead atoms. The monoisotopic (exact) mass is 398 g/mol. The Morgan fingerprint density at radius 1 is 1.40 bits per heavy atom. The predicted molar refractivity (Wildman–Crippen MR) is 90.8 cm³/mol. The van der Waals surface area contributed by atoms with Gasteiger partial charge in [-0.25, -0.2) is 14.4 Å². The Morgan fingerprint density at radius 2 is 2.00 bits per heavy atom. The number of halogens is 6. The number of carbonyl (C=O) groups excluding carboxylic acids is 1. The van der Waals surface area contributed by atoms with Crippen molar-refractivity contribution >= 4 is 53.0 Å². The molecule has 136 valence electrons. The minimum atomic E-state index is -4.44. The molecule has 1 aromatic carbocycles. The third kappa shape index (κ3) is 5.71. The third-order valence-corrected chi connectivity index (χ3v) is 3.40. The quantitative estimate of drug-likeness (QED) is 0.191. The largest absolute Gasteiger partial charge is 0.396 e. The molecule has 1 amide bonds. The van der Waals surface area contributed by atoms with Crippen LogP contribution in [0.25, 0.3) is 0 Å². The van der Waals surface area contributed by atoms with Crippen LogP contribution in [0.4, 0.5) is 28.9 Å². The number of carbonyl (C=O) groups is 1. The number of nitrogens with two attached hydrogens (primary N) is 1. The van der Waals surface area contributed by atoms with E-state index in [1.54, 1.807) is 0 Å². The van der Waals surface area contributed by atoms with Crippen molar-refractivity contribution in [2.75, 3.05) is 11.1 Å². The summed E-state index contributed by atoms with van der Waals surface area (Å²) in [5, 5.41) is 1.63. The highest BCUT2D eigenvalue weighted by Crippen LogP contribution is 2.35. The van der Waals surface area contributed by atoms with Crippen LogP contribution in [0.15, 0.2) is 28.3 Å². The van der Waals surface area contributed by atoms with Gasteiger partial charge in [0.1, 0.15) is 17.7 Å². The number of nitrogen functional groups attached to an aromatic ring is 1. The Bertz CT molecular complexity index is 721. The summed E-state index contributed by atoms with van der Waals surface area (Å²) in [6, 6.07) is 1.06. The second-order valence-electron chi connectivity index (χ2n) is 4.72. The van der Waals surface area contributed by atoms with Crippen molar-refractivity contribution in [2.45, 2.75) is 13.1 Å². The van der Waals surface area contributed by atoms with Gasteiger partial charge in [-0.05, 0) is 13.0 Å². The Balaban J connectivity index is 2.81. The van der Waals surface area contributed by atoms with Crippen LogP contribution in [0.5, 0.6) is 0 Å². The lowest BCUT2D eigenvalue weighted by molar-refractivity contribution is -0.149. The Kier molecular flexibility index (Phi) is 6.95. The molecule has 0 heterocycles. The number of hydrogen-bond donors (Lipinski definition) is 2. The minimum Gasteiger partial charge on any atom is -0.396 e. The number of rotatable bonds is 5. The summed E-state index contributed by atoms with van der Waals surface area (Å²) < 4.78 is 50.7. The minimum absolute atomic E-state index is 0.0819. The molecule has 0 aliphatic heterocycles. The normalized spacial score (nSPS) is 13.4. The molecule has 1 atom stereocenters. The fourth-order valence-corrected chi connectivity index (χ4v) is 1.79. The summed E-state index contributed by atoms with van der Waals surface area (Å²) in [4.78, 5) is 18.6. The van der Waals surface area contributed by atoms with Crippen LogP contribution in [0.3, 0.4) is 0 Å². The van der Waals surface area contributed by atoms with Gasteiger partial charge >= 0.3 is 6.18 Å². The van der Waals surface area contributed by atoms with Crippen molar-refractivity contribution in [1.29, 1.82) is 0 Å². The smallest absolute Gasteiger partial charge is 0.396 e. The van der Waals surface area contributed by atoms with Gasteiger partial charge in [0.15, 0.2) is 5.82 Å². The Morgan fingerprint density at radius 3 is 2.56 bits per heavy atom. The van der Waals surface area contributed by atoms with Crippen LogP contribution in [0, 0.1) is 11.7 Å². The highest BCUT2D eigenvalue weighted by Gasteiger charge is 2.34. The van der Waals surface area contributed by atoms with E-state index in [0.29, 0.717) is 12.6 Å². The highest BCUT2D eigenvalue weighted by atomic mass is 35.5. The second-order valence-corrected chi connectivity index (χ2v) is 5.53. The lowest BCUT2D eigenvalue weighted by Gasteiger charge is -2.11. The maximum absolute atomic E-state index is 13.9. The maximum atomic E-state index is 13.9. The van der Waals surface area contributed by atoms with Gasteiger partial charge in [-0.15, -0.1) is 0 Å². The van der Waals surface area contributed by atoms with E-state index < -0.39 is 35.2 Å². The second kappa shape index (κ2) is 8.30. The molecule has 1 rings (SSSR count). The van der Waals surface area contributed by atoms with Gasteiger partial charge in [0, 0.05) is 6.21 Å². The maximum Gasteiger partial charge on any atom is 0.396 e. The molecule has 0 saturated carbocycles. The summed E-state index contributed by atoms with van der Waals surface area (Å²) in [5.41, 5.74) is 4.38. The first-order valence-corrected chi connectivity index (χ1v) is 7.26. The molecule has 25 heavy (non-hydrogen) atoms. The molecular weight excluding hydrogens is 387 g/mol. The summed E-state index contributed by atoms with van der Waals surface area (Å²) >= 11 is 11.3. The fourth-order valence-electron chi connectivity index (χ4n) is 1.33. The summed E-state index contributed by atoms with van der Waals surface area (Å²) in [6.07, 6.45) is -3.13. The van der Waals surface area contributed by atoms with Crippen LogP contribution >= 0.6 is 23.2 Å². The number of alkyl halides is 3. The first-order chi connectivity index (χ1) is 11.4. The predicted octanol–water partition coefficient (Wildman–Crippen LogP) is 4.46. The zero-order valence-corrected chi connectivity index (χ0v) is 14.2. The van der Waals surface area contributed by atoms with Crippen LogP contribution in [-0.4, -0.2) is 24.6 Å². The van der Waals surface area contributed by atoms with E-state index >= 15 is 0 Å². The third-order valence-electron chi connectivity index (χ3n) is 2.82. The van der Waals surface area contributed by atoms with Gasteiger partial charge in [-0.2, -0.15) is 13.2 Å². The van der Waals surface area contributed by atoms with E-state index in [1.807, 2.05) is 0 Å². The molecule has 11 heteroatoms. The first kappa shape index (κ1) is 20.9. The van der Waals surface area contributed by atoms with Crippen molar-refractivity contribution in [1.82, 2.24) is 0 Å². The van der Waals surface area contributed by atoms with Crippen molar-refractivity contribution in [2.24, 2.45) is 15.9 Å². The van der Waals surface area contributed by atoms with Crippen molar-refractivity contribution < 1.29 is 22.4 Å². The van der Waals surface area contributed by atoms with E-state index in [1.165, 1.54) is 0 Å². The van der Waals surface area contributed by atoms with E-state index in [0.717, 1.165) is 13.0 Å². The number of nitrogens with one attached hydrogen (secondary N) is 1. The molecule has 5 nitrogen and oxygen atoms in total. The molecular formula is C14H12Cl2F4N4O. The number of amides is 1. The zero-order valence-electron chi connectivity index (χ0n) is 12.7. The van der Waals surface area contributed by atoms with Gasteiger partial charge in [0.25, 0.3) is 5.91 Å². The van der Waals surface area contributed by atoms with Crippen molar-refractivity contribution in [3.05, 3.63) is 34.2 Å². The Labute approximate surface area is 150 Å². The number of aliphatic imine (C=N–C) groups is 2. The summed E-state index contributed by atoms with van der Waals surface area (Å²) in [7, 11) is 0. The molecule has 3 N–H and O–H groups in total. The highest BCUT2D eigenvalue weighted by molar-refractivity contribution is 6.37. The standard InChI is InChI=1S/C14H12Cl2F4N4O/c1-6(14(18,19)20)4-22-5-23-7(2)13(25)24-12-10(17)8(15)3-9(16)11(12)21/h3-6H,2,21H2,1H3,(H,24,25). The molecule has 0 spiro atoms. The number of benzene rings is 1. The first-order valence-electron chi connectivity index (χ1n) is 6.51. The van der Waals surface area contributed by atoms with E-state index in [9.17, 15) is 22.4 Å². The molecule has 1 aromatic rings. The lowest BCUT2D eigenvalue weighted by atomic mass is 10.2. The fraction of sp³-hybridized carbons (Fsp3) is 0.214. The topological polar surface area (TPSA) is 79.8 Å². The SMILES string of the molecule is C=C(N=CN=CC(C)C(F)(F)F)C(=O)Nc1c(N)c(Cl)cc(Cl)c1F. The molecule has 0 aliphatic rings. The van der Waals surface area contributed by atoms with Crippen LogP contribution in [-0.2, 0) is 4.79 Å². The van der Waals surface area contributed by atoms with E-state index in [-0.39, 0.29) is 15.7 Å². The van der Waals surface area contributed by atoms with Gasteiger partial charge in [-0.1, -0.05) is 29.8 Å². The van der Waals surface area contributed by atoms with Crippen molar-refractivity contribution in [3.8, 4) is 0 Å². The molecule has 0 radical (unpaired) electrons. The number of hydrogen-bond acceptors (Lipinski definition) is 3. The average Bonchev–Trinajstić information content (AvgIpc) is 2.52. The van der Waals surface area contributed by atoms with Gasteiger partial charge < -0.3 is 11.1 Å². The summed E-state index contributed by atoms with van der Waals surface area (Å²) in [6.45, 7) is 4.18. The lowest BCUT2D eigenvalue weighted by Crippen LogP contribution is -2.20. The van der Waals surface area contributed by atoms with Gasteiger partial charge in [0.05, 0.1) is 21.7 Å². The molecule has 0 aromatic heterocycles. The Hall–Kier alpha value is -2.13. The summed E-state index contributed by atoms with van der Waals surface area (Å²) in [5.74, 6) is -3.77. The molecule has 0 saturated heterocycles.